The number of carboxylic acids is 1. The molecule has 0 aliphatic heterocycles. The average Bonchev–Trinajstić information content (AvgIpc) is 2.56. The zero-order valence-electron chi connectivity index (χ0n) is 10.1. The third-order valence-corrected chi connectivity index (χ3v) is 5.78. The van der Waals surface area contributed by atoms with Gasteiger partial charge in [0, 0.05) is 0 Å². The first-order valence-corrected chi connectivity index (χ1v) is 7.84. The number of carbonyl (C=O) groups is 1. The van der Waals surface area contributed by atoms with Gasteiger partial charge < -0.3 is 5.11 Å². The lowest BCUT2D eigenvalue weighted by molar-refractivity contribution is -0.140. The Morgan fingerprint density at radius 3 is 2.39 bits per heavy atom. The molecule has 102 valence electrons. The van der Waals surface area contributed by atoms with Gasteiger partial charge in [-0.3, -0.25) is 4.79 Å². The molecule has 0 saturated carbocycles. The number of hydrogen-bond acceptors (Lipinski definition) is 4. The number of hydrogen-bond donors (Lipinski definition) is 2. The molecule has 0 saturated heterocycles. The van der Waals surface area contributed by atoms with Crippen molar-refractivity contribution in [2.45, 2.75) is 31.0 Å². The molecular weight excluding hydrogens is 298 g/mol. The molecule has 1 rings (SSSR count). The number of carboxylic acid groups (broad SMARTS) is 1. The van der Waals surface area contributed by atoms with Crippen molar-refractivity contribution in [3.63, 3.8) is 0 Å². The van der Waals surface area contributed by atoms with Crippen LogP contribution >= 0.6 is 22.9 Å². The predicted molar refractivity (Wildman–Crippen MR) is 70.6 cm³/mol. The summed E-state index contributed by atoms with van der Waals surface area (Å²) in [7, 11) is -3.85. The van der Waals surface area contributed by atoms with Gasteiger partial charge in [-0.25, -0.2) is 8.42 Å². The predicted octanol–water partition coefficient (Wildman–Crippen LogP) is 2.10. The van der Waals surface area contributed by atoms with Gasteiger partial charge in [0.15, 0.2) is 0 Å². The highest BCUT2D eigenvalue weighted by Crippen LogP contribution is 2.30. The van der Waals surface area contributed by atoms with Crippen LogP contribution in [0.4, 0.5) is 0 Å². The van der Waals surface area contributed by atoms with Crippen molar-refractivity contribution in [1.82, 2.24) is 4.72 Å². The van der Waals surface area contributed by atoms with Crippen LogP contribution < -0.4 is 4.72 Å². The molecule has 18 heavy (non-hydrogen) atoms. The van der Waals surface area contributed by atoms with Crippen molar-refractivity contribution in [3.05, 3.63) is 16.0 Å². The first kappa shape index (κ1) is 15.4. The fourth-order valence-corrected chi connectivity index (χ4v) is 4.32. The quantitative estimate of drug-likeness (QED) is 0.872. The van der Waals surface area contributed by atoms with Gasteiger partial charge >= 0.3 is 5.97 Å². The molecule has 0 amide bonds. The van der Waals surface area contributed by atoms with Crippen molar-refractivity contribution < 1.29 is 18.3 Å². The van der Waals surface area contributed by atoms with Crippen LogP contribution in [0.25, 0.3) is 0 Å². The van der Waals surface area contributed by atoms with Crippen LogP contribution in [0.2, 0.25) is 4.34 Å². The highest BCUT2D eigenvalue weighted by Gasteiger charge is 2.29. The minimum absolute atomic E-state index is 0.0249. The summed E-state index contributed by atoms with van der Waals surface area (Å²) in [6.45, 7) is 4.96. The van der Waals surface area contributed by atoms with E-state index in [1.165, 1.54) is 6.07 Å². The molecule has 1 heterocycles. The Hall–Kier alpha value is -0.630. The van der Waals surface area contributed by atoms with Gasteiger partial charge in [-0.15, -0.1) is 11.3 Å². The third kappa shape index (κ3) is 3.44. The first-order chi connectivity index (χ1) is 8.15. The number of nitrogens with one attached hydrogen (secondary N) is 1. The van der Waals surface area contributed by atoms with Gasteiger partial charge in [0.2, 0.25) is 0 Å². The Kier molecular flexibility index (Phi) is 4.77. The summed E-state index contributed by atoms with van der Waals surface area (Å²) in [6, 6.07) is 0.269. The highest BCUT2D eigenvalue weighted by molar-refractivity contribution is 7.91. The van der Waals surface area contributed by atoms with Crippen LogP contribution in [0, 0.1) is 12.8 Å². The topological polar surface area (TPSA) is 83.5 Å². The normalized spacial score (nSPS) is 13.8. The van der Waals surface area contributed by atoms with Crippen molar-refractivity contribution in [2.75, 3.05) is 0 Å². The maximum Gasteiger partial charge on any atom is 0.322 e. The van der Waals surface area contributed by atoms with Crippen LogP contribution in [0.3, 0.4) is 0 Å². The molecule has 2 N–H and O–H groups in total. The van der Waals surface area contributed by atoms with E-state index in [2.05, 4.69) is 4.72 Å². The minimum atomic E-state index is -3.85. The molecule has 0 spiro atoms. The summed E-state index contributed by atoms with van der Waals surface area (Å²) in [5, 5.41) is 8.96. The Morgan fingerprint density at radius 1 is 1.50 bits per heavy atom. The van der Waals surface area contributed by atoms with Gasteiger partial charge in [-0.05, 0) is 24.5 Å². The van der Waals surface area contributed by atoms with Gasteiger partial charge in [-0.1, -0.05) is 25.4 Å². The molecule has 0 aliphatic carbocycles. The molecule has 0 aliphatic rings. The second-order valence-electron chi connectivity index (χ2n) is 4.20. The van der Waals surface area contributed by atoms with Crippen LogP contribution in [0.15, 0.2) is 10.3 Å². The molecule has 1 aromatic rings. The van der Waals surface area contributed by atoms with Gasteiger partial charge in [0.1, 0.15) is 10.3 Å². The standard InChI is InChI=1S/C10H14ClNO4S2/c1-5(2)8(10(13)14)12-18(15,16)7-4-6(3)9(11)17-7/h4-5,8,12H,1-3H3,(H,13,14)/t8-/m1/s1. The molecule has 0 bridgehead atoms. The number of sulfonamides is 1. The monoisotopic (exact) mass is 311 g/mol. The maximum absolute atomic E-state index is 12.0. The minimum Gasteiger partial charge on any atom is -0.480 e. The van der Waals surface area contributed by atoms with E-state index >= 15 is 0 Å². The van der Waals surface area contributed by atoms with E-state index in [1.54, 1.807) is 20.8 Å². The molecule has 8 heteroatoms. The molecule has 0 aromatic carbocycles. The Bertz CT molecular complexity index is 531. The average molecular weight is 312 g/mol. The summed E-state index contributed by atoms with van der Waals surface area (Å²) in [6.07, 6.45) is 0. The Labute approximate surface area is 115 Å². The molecular formula is C10H14ClNO4S2. The zero-order chi connectivity index (χ0) is 14.1. The second-order valence-corrected chi connectivity index (χ2v) is 7.80. The number of halogens is 1. The fraction of sp³-hybridized carbons (Fsp3) is 0.500. The van der Waals surface area contributed by atoms with E-state index < -0.39 is 22.0 Å². The van der Waals surface area contributed by atoms with E-state index in [4.69, 9.17) is 16.7 Å². The lowest BCUT2D eigenvalue weighted by Crippen LogP contribution is -2.43. The van der Waals surface area contributed by atoms with Crippen molar-refractivity contribution >= 4 is 38.9 Å². The Morgan fingerprint density at radius 2 is 2.06 bits per heavy atom. The lowest BCUT2D eigenvalue weighted by Gasteiger charge is -2.17. The van der Waals surface area contributed by atoms with Crippen LogP contribution in [0.5, 0.6) is 0 Å². The van der Waals surface area contributed by atoms with Crippen molar-refractivity contribution in [1.29, 1.82) is 0 Å². The smallest absolute Gasteiger partial charge is 0.322 e. The molecule has 1 aromatic heterocycles. The SMILES string of the molecule is Cc1cc(S(=O)(=O)N[C@@H](C(=O)O)C(C)C)sc1Cl. The number of thiophene rings is 1. The molecule has 0 radical (unpaired) electrons. The molecule has 0 unspecified atom stereocenters. The number of aryl methyl sites for hydroxylation is 1. The van der Waals surface area contributed by atoms with Gasteiger partial charge in [0.25, 0.3) is 10.0 Å². The van der Waals surface area contributed by atoms with E-state index in [0.29, 0.717) is 9.90 Å². The van der Waals surface area contributed by atoms with Crippen LogP contribution in [-0.4, -0.2) is 25.5 Å². The van der Waals surface area contributed by atoms with E-state index in [-0.39, 0.29) is 10.1 Å². The number of rotatable bonds is 5. The van der Waals surface area contributed by atoms with Crippen LogP contribution in [0.1, 0.15) is 19.4 Å². The number of aliphatic carboxylic acids is 1. The summed E-state index contributed by atoms with van der Waals surface area (Å²) >= 11 is 6.72. The summed E-state index contributed by atoms with van der Waals surface area (Å²) < 4.78 is 26.6. The summed E-state index contributed by atoms with van der Waals surface area (Å²) in [5.41, 5.74) is 0.651. The van der Waals surface area contributed by atoms with Crippen molar-refractivity contribution in [3.8, 4) is 0 Å². The third-order valence-electron chi connectivity index (χ3n) is 2.31. The second kappa shape index (κ2) is 5.56. The largest absolute Gasteiger partial charge is 0.480 e. The molecule has 0 fully saturated rings. The van der Waals surface area contributed by atoms with Gasteiger partial charge in [-0.2, -0.15) is 4.72 Å². The fourth-order valence-electron chi connectivity index (χ4n) is 1.26. The zero-order valence-corrected chi connectivity index (χ0v) is 12.5. The molecule has 1 atom stereocenters. The van der Waals surface area contributed by atoms with Gasteiger partial charge in [0.05, 0.1) is 4.34 Å². The van der Waals surface area contributed by atoms with E-state index in [1.807, 2.05) is 0 Å². The lowest BCUT2D eigenvalue weighted by atomic mass is 10.1. The summed E-state index contributed by atoms with van der Waals surface area (Å²) in [4.78, 5) is 11.0. The summed E-state index contributed by atoms with van der Waals surface area (Å²) in [5.74, 6) is -1.55. The molecule has 5 nitrogen and oxygen atoms in total. The van der Waals surface area contributed by atoms with Crippen molar-refractivity contribution in [2.24, 2.45) is 5.92 Å². The van der Waals surface area contributed by atoms with E-state index in [0.717, 1.165) is 11.3 Å². The highest BCUT2D eigenvalue weighted by atomic mass is 35.5. The van der Waals surface area contributed by atoms with Crippen LogP contribution in [-0.2, 0) is 14.8 Å². The first-order valence-electron chi connectivity index (χ1n) is 5.16. The van der Waals surface area contributed by atoms with E-state index in [9.17, 15) is 13.2 Å². The Balaban J connectivity index is 3.04. The maximum atomic E-state index is 12.0.